The highest BCUT2D eigenvalue weighted by molar-refractivity contribution is 5.94. The predicted octanol–water partition coefficient (Wildman–Crippen LogP) is 2.79. The second-order valence-corrected chi connectivity index (χ2v) is 6.66. The van der Waals surface area contributed by atoms with Crippen molar-refractivity contribution in [2.75, 3.05) is 7.05 Å². The van der Waals surface area contributed by atoms with Crippen LogP contribution in [0.15, 0.2) is 24.3 Å². The lowest BCUT2D eigenvalue weighted by Crippen LogP contribution is -2.53. The lowest BCUT2D eigenvalue weighted by molar-refractivity contribution is 0.0871. The summed E-state index contributed by atoms with van der Waals surface area (Å²) in [6.45, 7) is 2.03. The van der Waals surface area contributed by atoms with Crippen molar-refractivity contribution < 1.29 is 4.79 Å². The Hall–Kier alpha value is -1.35. The third-order valence-electron chi connectivity index (χ3n) is 5.26. The third-order valence-corrected chi connectivity index (χ3v) is 5.26. The summed E-state index contributed by atoms with van der Waals surface area (Å²) in [5.74, 6) is 0.0857. The van der Waals surface area contributed by atoms with E-state index in [0.717, 1.165) is 30.4 Å². The number of hydrogen-bond donors (Lipinski definition) is 2. The molecule has 3 nitrogen and oxygen atoms in total. The average molecular weight is 272 g/mol. The van der Waals surface area contributed by atoms with Gasteiger partial charge in [0.05, 0.1) is 0 Å². The maximum atomic E-state index is 12.5. The average Bonchev–Trinajstić information content (AvgIpc) is 2.70. The Morgan fingerprint density at radius 1 is 1.15 bits per heavy atom. The van der Waals surface area contributed by atoms with Gasteiger partial charge in [0.25, 0.3) is 5.91 Å². The number of benzene rings is 1. The zero-order valence-electron chi connectivity index (χ0n) is 12.5. The van der Waals surface area contributed by atoms with E-state index in [2.05, 4.69) is 17.7 Å². The summed E-state index contributed by atoms with van der Waals surface area (Å²) < 4.78 is 0. The molecule has 2 aliphatic rings. The van der Waals surface area contributed by atoms with Gasteiger partial charge >= 0.3 is 0 Å². The van der Waals surface area contributed by atoms with Crippen molar-refractivity contribution in [2.24, 2.45) is 0 Å². The van der Waals surface area contributed by atoms with Crippen LogP contribution in [0.25, 0.3) is 0 Å². The van der Waals surface area contributed by atoms with Gasteiger partial charge in [-0.25, -0.2) is 0 Å². The van der Waals surface area contributed by atoms with Gasteiger partial charge < -0.3 is 10.6 Å². The highest BCUT2D eigenvalue weighted by Crippen LogP contribution is 2.47. The maximum Gasteiger partial charge on any atom is 0.251 e. The van der Waals surface area contributed by atoms with E-state index in [-0.39, 0.29) is 17.0 Å². The van der Waals surface area contributed by atoms with Crippen molar-refractivity contribution >= 4 is 5.91 Å². The number of fused-ring (bicyclic) bond motifs is 2. The van der Waals surface area contributed by atoms with Crippen molar-refractivity contribution in [1.29, 1.82) is 0 Å². The van der Waals surface area contributed by atoms with Gasteiger partial charge in [0.2, 0.25) is 0 Å². The van der Waals surface area contributed by atoms with Gasteiger partial charge in [-0.15, -0.1) is 0 Å². The summed E-state index contributed by atoms with van der Waals surface area (Å²) in [4.78, 5) is 12.5. The molecule has 108 valence electrons. The molecule has 0 unspecified atom stereocenters. The van der Waals surface area contributed by atoms with Gasteiger partial charge in [-0.2, -0.15) is 0 Å². The van der Waals surface area contributed by atoms with E-state index < -0.39 is 0 Å². The van der Waals surface area contributed by atoms with Gasteiger partial charge in [0, 0.05) is 16.6 Å². The van der Waals surface area contributed by atoms with Crippen molar-refractivity contribution in [3.63, 3.8) is 0 Å². The molecule has 0 heterocycles. The van der Waals surface area contributed by atoms with Gasteiger partial charge in [-0.1, -0.05) is 17.7 Å². The summed E-state index contributed by atoms with van der Waals surface area (Å²) in [6.07, 6.45) is 6.92. The maximum absolute atomic E-state index is 12.5. The minimum Gasteiger partial charge on any atom is -0.347 e. The lowest BCUT2D eigenvalue weighted by atomic mass is 9.78. The Morgan fingerprint density at radius 2 is 1.90 bits per heavy atom. The Bertz CT molecular complexity index is 527. The molecular weight excluding hydrogens is 248 g/mol. The topological polar surface area (TPSA) is 41.1 Å². The zero-order valence-corrected chi connectivity index (χ0v) is 12.5. The highest BCUT2D eigenvalue weighted by Gasteiger charge is 2.50. The molecule has 2 bridgehead atoms. The van der Waals surface area contributed by atoms with Crippen LogP contribution in [0.3, 0.4) is 0 Å². The SMILES string of the molecule is CN[C@@]12CCC[C@@](NC(=O)c3cccc(C)c3)(CC1)C2. The fourth-order valence-electron chi connectivity index (χ4n) is 4.10. The quantitative estimate of drug-likeness (QED) is 0.888. The monoisotopic (exact) mass is 272 g/mol. The first-order chi connectivity index (χ1) is 9.56. The molecule has 2 aliphatic carbocycles. The Morgan fingerprint density at radius 3 is 2.65 bits per heavy atom. The van der Waals surface area contributed by atoms with Gasteiger partial charge in [0.15, 0.2) is 0 Å². The molecular formula is C17H24N2O. The first kappa shape index (κ1) is 13.6. The van der Waals surface area contributed by atoms with Crippen molar-refractivity contribution in [1.82, 2.24) is 10.6 Å². The van der Waals surface area contributed by atoms with Gasteiger partial charge in [-0.3, -0.25) is 4.79 Å². The smallest absolute Gasteiger partial charge is 0.251 e. The number of aryl methyl sites for hydroxylation is 1. The molecule has 1 aromatic carbocycles. The molecule has 0 saturated heterocycles. The fraction of sp³-hybridized carbons (Fsp3) is 0.588. The van der Waals surface area contributed by atoms with E-state index >= 15 is 0 Å². The standard InChI is InChI=1S/C17H24N2O/c1-13-5-3-6-14(11-13)15(20)19-17-8-4-7-16(12-17,18-2)9-10-17/h3,5-6,11,18H,4,7-10,12H2,1-2H3,(H,19,20)/t16-,17+/m0/s1. The molecule has 2 atom stereocenters. The van der Waals surface area contributed by atoms with Crippen molar-refractivity contribution in [3.05, 3.63) is 35.4 Å². The first-order valence-corrected chi connectivity index (χ1v) is 7.65. The van der Waals surface area contributed by atoms with Crippen LogP contribution in [0.5, 0.6) is 0 Å². The van der Waals surface area contributed by atoms with E-state index in [1.165, 1.54) is 19.3 Å². The fourth-order valence-corrected chi connectivity index (χ4v) is 4.10. The Kier molecular flexibility index (Phi) is 3.33. The van der Waals surface area contributed by atoms with Crippen LogP contribution in [-0.2, 0) is 0 Å². The lowest BCUT2D eigenvalue weighted by Gasteiger charge is -2.40. The minimum absolute atomic E-state index is 0.0160. The molecule has 3 heteroatoms. The normalized spacial score (nSPS) is 32.1. The molecule has 2 N–H and O–H groups in total. The summed E-state index contributed by atoms with van der Waals surface area (Å²) in [5, 5.41) is 6.85. The Labute approximate surface area is 121 Å². The zero-order chi connectivity index (χ0) is 14.2. The minimum atomic E-state index is 0.0160. The number of carbonyl (C=O) groups is 1. The molecule has 0 radical (unpaired) electrons. The van der Waals surface area contributed by atoms with Crippen LogP contribution in [0.1, 0.15) is 54.4 Å². The molecule has 1 amide bonds. The third kappa shape index (κ3) is 2.35. The second-order valence-electron chi connectivity index (χ2n) is 6.66. The van der Waals surface area contributed by atoms with Crippen LogP contribution < -0.4 is 10.6 Å². The number of carbonyl (C=O) groups excluding carboxylic acids is 1. The van der Waals surface area contributed by atoms with E-state index in [9.17, 15) is 4.79 Å². The van der Waals surface area contributed by atoms with Crippen LogP contribution >= 0.6 is 0 Å². The van der Waals surface area contributed by atoms with Gasteiger partial charge in [-0.05, 0) is 64.6 Å². The van der Waals surface area contributed by atoms with Crippen LogP contribution in [0.2, 0.25) is 0 Å². The first-order valence-electron chi connectivity index (χ1n) is 7.65. The molecule has 20 heavy (non-hydrogen) atoms. The van der Waals surface area contributed by atoms with Crippen LogP contribution in [0, 0.1) is 6.92 Å². The summed E-state index contributed by atoms with van der Waals surface area (Å²) >= 11 is 0. The van der Waals surface area contributed by atoms with E-state index in [4.69, 9.17) is 0 Å². The summed E-state index contributed by atoms with van der Waals surface area (Å²) in [6, 6.07) is 7.85. The molecule has 2 saturated carbocycles. The molecule has 3 rings (SSSR count). The van der Waals surface area contributed by atoms with E-state index in [1.54, 1.807) is 0 Å². The highest BCUT2D eigenvalue weighted by atomic mass is 16.1. The van der Waals surface area contributed by atoms with Gasteiger partial charge in [0.1, 0.15) is 0 Å². The van der Waals surface area contributed by atoms with E-state index in [1.807, 2.05) is 31.2 Å². The Balaban J connectivity index is 1.76. The second kappa shape index (κ2) is 4.88. The molecule has 1 aromatic rings. The van der Waals surface area contributed by atoms with Crippen LogP contribution in [-0.4, -0.2) is 24.0 Å². The molecule has 0 aliphatic heterocycles. The predicted molar refractivity (Wildman–Crippen MR) is 80.9 cm³/mol. The number of hydrogen-bond acceptors (Lipinski definition) is 2. The molecule has 0 spiro atoms. The van der Waals surface area contributed by atoms with E-state index in [0.29, 0.717) is 0 Å². The van der Waals surface area contributed by atoms with Crippen molar-refractivity contribution in [3.8, 4) is 0 Å². The summed E-state index contributed by atoms with van der Waals surface area (Å²) in [7, 11) is 2.06. The number of nitrogens with one attached hydrogen (secondary N) is 2. The molecule has 0 aromatic heterocycles. The summed E-state index contributed by atoms with van der Waals surface area (Å²) in [5.41, 5.74) is 2.20. The van der Waals surface area contributed by atoms with Crippen molar-refractivity contribution in [2.45, 2.75) is 56.5 Å². The van der Waals surface area contributed by atoms with Crippen LogP contribution in [0.4, 0.5) is 0 Å². The molecule has 2 fully saturated rings. The largest absolute Gasteiger partial charge is 0.347 e. The number of amides is 1. The number of rotatable bonds is 3.